The maximum atomic E-state index is 12.3. The molecule has 148 valence electrons. The molecule has 1 heterocycles. The predicted octanol–water partition coefficient (Wildman–Crippen LogP) is 2.87. The number of urea groups is 1. The summed E-state index contributed by atoms with van der Waals surface area (Å²) in [6.07, 6.45) is 3.49. The highest BCUT2D eigenvalue weighted by Crippen LogP contribution is 2.33. The number of nitrogens with one attached hydrogen (secondary N) is 2. The Morgan fingerprint density at radius 1 is 1.15 bits per heavy atom. The van der Waals surface area contributed by atoms with Gasteiger partial charge in [-0.1, -0.05) is 11.6 Å². The number of methoxy groups -OCH3 is 1. The van der Waals surface area contributed by atoms with E-state index in [0.29, 0.717) is 37.3 Å². The van der Waals surface area contributed by atoms with E-state index in [1.165, 1.54) is 0 Å². The molecule has 2 amide bonds. The van der Waals surface area contributed by atoms with Gasteiger partial charge in [0.05, 0.1) is 18.7 Å². The van der Waals surface area contributed by atoms with Crippen molar-refractivity contribution in [3.8, 4) is 5.75 Å². The third kappa shape index (κ3) is 4.97. The van der Waals surface area contributed by atoms with E-state index in [4.69, 9.17) is 21.4 Å². The maximum absolute atomic E-state index is 12.3. The molecule has 0 aromatic heterocycles. The van der Waals surface area contributed by atoms with Gasteiger partial charge in [0.1, 0.15) is 5.75 Å². The van der Waals surface area contributed by atoms with Crippen molar-refractivity contribution >= 4 is 29.3 Å². The molecule has 3 N–H and O–H groups in total. The van der Waals surface area contributed by atoms with Crippen molar-refractivity contribution in [2.45, 2.75) is 44.2 Å². The Hall–Kier alpha value is -2.15. The number of amides is 2. The van der Waals surface area contributed by atoms with Crippen LogP contribution in [-0.4, -0.2) is 49.4 Å². The summed E-state index contributed by atoms with van der Waals surface area (Å²) in [4.78, 5) is 25.5. The summed E-state index contributed by atoms with van der Waals surface area (Å²) in [6.45, 7) is 1.50. The molecule has 1 unspecified atom stereocenters. The average molecular weight is 396 g/mol. The Balaban J connectivity index is 1.48. The van der Waals surface area contributed by atoms with E-state index in [1.807, 2.05) is 12.1 Å². The number of aliphatic carboxylic acids is 1. The third-order valence-corrected chi connectivity index (χ3v) is 5.65. The largest absolute Gasteiger partial charge is 0.495 e. The van der Waals surface area contributed by atoms with E-state index in [-0.39, 0.29) is 24.0 Å². The molecule has 1 aliphatic heterocycles. The number of carbonyl (C=O) groups excluding carboxylic acids is 1. The lowest BCUT2D eigenvalue weighted by atomic mass is 9.86. The van der Waals surface area contributed by atoms with Crippen LogP contribution in [0.5, 0.6) is 5.75 Å². The van der Waals surface area contributed by atoms with E-state index in [0.717, 1.165) is 24.4 Å². The summed E-state index contributed by atoms with van der Waals surface area (Å²) in [5, 5.41) is 15.7. The van der Waals surface area contributed by atoms with Gasteiger partial charge in [-0.3, -0.25) is 4.79 Å². The van der Waals surface area contributed by atoms with Crippen LogP contribution in [0.1, 0.15) is 32.1 Å². The van der Waals surface area contributed by atoms with Crippen molar-refractivity contribution in [2.75, 3.05) is 25.1 Å². The molecule has 0 spiro atoms. The molecule has 7 nitrogen and oxygen atoms in total. The van der Waals surface area contributed by atoms with Crippen molar-refractivity contribution in [1.82, 2.24) is 10.6 Å². The summed E-state index contributed by atoms with van der Waals surface area (Å²) >= 11 is 6.11. The first kappa shape index (κ1) is 19.6. The third-order valence-electron chi connectivity index (χ3n) is 5.42. The molecule has 0 bridgehead atoms. The van der Waals surface area contributed by atoms with Crippen LogP contribution < -0.4 is 20.3 Å². The molecule has 2 aliphatic rings. The monoisotopic (exact) mass is 395 g/mol. The number of carboxylic acids is 1. The van der Waals surface area contributed by atoms with E-state index < -0.39 is 5.97 Å². The van der Waals surface area contributed by atoms with Gasteiger partial charge in [-0.15, -0.1) is 0 Å². The quantitative estimate of drug-likeness (QED) is 0.713. The number of nitrogens with zero attached hydrogens (tertiary/aromatic N) is 1. The Kier molecular flexibility index (Phi) is 6.31. The van der Waals surface area contributed by atoms with Crippen molar-refractivity contribution in [3.63, 3.8) is 0 Å². The van der Waals surface area contributed by atoms with Crippen LogP contribution in [0.15, 0.2) is 18.2 Å². The minimum Gasteiger partial charge on any atom is -0.495 e. The standard InChI is InChI=1S/C19H26ClN3O4/c1-27-17-7-4-13(20)10-16(17)23-9-8-15(11-23)22-19(26)21-14-5-2-12(3-6-14)18(24)25/h4,7,10,12,14-15H,2-3,5-6,8-9,11H2,1H3,(H,24,25)(H2,21,22,26). The van der Waals surface area contributed by atoms with Gasteiger partial charge in [0.15, 0.2) is 0 Å². The number of hydrogen-bond acceptors (Lipinski definition) is 4. The average Bonchev–Trinajstić information content (AvgIpc) is 3.10. The number of carbonyl (C=O) groups is 2. The van der Waals surface area contributed by atoms with Crippen molar-refractivity contribution in [2.24, 2.45) is 5.92 Å². The molecule has 0 radical (unpaired) electrons. The van der Waals surface area contributed by atoms with Gasteiger partial charge >= 0.3 is 12.0 Å². The number of benzene rings is 1. The van der Waals surface area contributed by atoms with E-state index in [2.05, 4.69) is 15.5 Å². The minimum atomic E-state index is -0.736. The molecule has 1 atom stereocenters. The smallest absolute Gasteiger partial charge is 0.315 e. The number of anilines is 1. The first-order chi connectivity index (χ1) is 13.0. The molecule has 1 saturated heterocycles. The van der Waals surface area contributed by atoms with Crippen LogP contribution in [0.2, 0.25) is 5.02 Å². The van der Waals surface area contributed by atoms with Gasteiger partial charge in [-0.05, 0) is 50.3 Å². The van der Waals surface area contributed by atoms with Gasteiger partial charge in [-0.2, -0.15) is 0 Å². The van der Waals surface area contributed by atoms with Gasteiger partial charge in [0.2, 0.25) is 0 Å². The molecule has 1 aromatic rings. The molecular formula is C19H26ClN3O4. The first-order valence-corrected chi connectivity index (χ1v) is 9.72. The SMILES string of the molecule is COc1ccc(Cl)cc1N1CCC(NC(=O)NC2CCC(C(=O)O)CC2)C1. The lowest BCUT2D eigenvalue weighted by Crippen LogP contribution is -2.48. The molecule has 27 heavy (non-hydrogen) atoms. The Labute approximate surface area is 164 Å². The fourth-order valence-electron chi connectivity index (χ4n) is 3.90. The molecule has 8 heteroatoms. The molecule has 3 rings (SSSR count). The second-order valence-electron chi connectivity index (χ2n) is 7.25. The highest BCUT2D eigenvalue weighted by atomic mass is 35.5. The molecular weight excluding hydrogens is 370 g/mol. The topological polar surface area (TPSA) is 90.9 Å². The van der Waals surface area contributed by atoms with E-state index in [9.17, 15) is 9.59 Å². The number of carboxylic acid groups (broad SMARTS) is 1. The Morgan fingerprint density at radius 2 is 1.85 bits per heavy atom. The second kappa shape index (κ2) is 8.69. The minimum absolute atomic E-state index is 0.0454. The van der Waals surface area contributed by atoms with Crippen LogP contribution in [0, 0.1) is 5.92 Å². The zero-order chi connectivity index (χ0) is 19.4. The molecule has 1 saturated carbocycles. The molecule has 1 aliphatic carbocycles. The zero-order valence-electron chi connectivity index (χ0n) is 15.4. The number of ether oxygens (including phenoxy) is 1. The lowest BCUT2D eigenvalue weighted by molar-refractivity contribution is -0.142. The van der Waals surface area contributed by atoms with Crippen molar-refractivity contribution in [1.29, 1.82) is 0 Å². The van der Waals surface area contributed by atoms with Gasteiger partial charge in [-0.25, -0.2) is 4.79 Å². The second-order valence-corrected chi connectivity index (χ2v) is 7.69. The first-order valence-electron chi connectivity index (χ1n) is 9.34. The van der Waals surface area contributed by atoms with Gasteiger partial charge in [0, 0.05) is 30.2 Å². The zero-order valence-corrected chi connectivity index (χ0v) is 16.2. The van der Waals surface area contributed by atoms with Crippen LogP contribution in [0.4, 0.5) is 10.5 Å². The lowest BCUT2D eigenvalue weighted by Gasteiger charge is -2.27. The van der Waals surface area contributed by atoms with Crippen LogP contribution in [0.25, 0.3) is 0 Å². The maximum Gasteiger partial charge on any atom is 0.315 e. The number of rotatable bonds is 5. The summed E-state index contributed by atoms with van der Waals surface area (Å²) in [7, 11) is 1.63. The van der Waals surface area contributed by atoms with Crippen LogP contribution in [-0.2, 0) is 4.79 Å². The highest BCUT2D eigenvalue weighted by Gasteiger charge is 2.29. The predicted molar refractivity (Wildman–Crippen MR) is 104 cm³/mol. The van der Waals surface area contributed by atoms with Crippen LogP contribution in [0.3, 0.4) is 0 Å². The Morgan fingerprint density at radius 3 is 2.52 bits per heavy atom. The van der Waals surface area contributed by atoms with Crippen molar-refractivity contribution in [3.05, 3.63) is 23.2 Å². The normalized spacial score (nSPS) is 25.1. The fourth-order valence-corrected chi connectivity index (χ4v) is 4.07. The molecule has 1 aromatic carbocycles. The van der Waals surface area contributed by atoms with E-state index in [1.54, 1.807) is 13.2 Å². The summed E-state index contributed by atoms with van der Waals surface area (Å²) in [6, 6.07) is 5.43. The summed E-state index contributed by atoms with van der Waals surface area (Å²) < 4.78 is 5.41. The highest BCUT2D eigenvalue weighted by molar-refractivity contribution is 6.30. The number of hydrogen-bond donors (Lipinski definition) is 3. The van der Waals surface area contributed by atoms with Gasteiger partial charge in [0.25, 0.3) is 0 Å². The summed E-state index contributed by atoms with van der Waals surface area (Å²) in [5.74, 6) is -0.248. The fraction of sp³-hybridized carbons (Fsp3) is 0.579. The van der Waals surface area contributed by atoms with Crippen LogP contribution >= 0.6 is 11.6 Å². The van der Waals surface area contributed by atoms with E-state index >= 15 is 0 Å². The summed E-state index contributed by atoms with van der Waals surface area (Å²) in [5.41, 5.74) is 0.932. The number of halogens is 1. The molecule has 2 fully saturated rings. The van der Waals surface area contributed by atoms with Gasteiger partial charge < -0.3 is 25.4 Å². The van der Waals surface area contributed by atoms with Crippen molar-refractivity contribution < 1.29 is 19.4 Å². The Bertz CT molecular complexity index is 692.